The van der Waals surface area contributed by atoms with Crippen LogP contribution in [-0.2, 0) is 10.2 Å². The Morgan fingerprint density at radius 2 is 1.96 bits per heavy atom. The topological polar surface area (TPSA) is 99.3 Å². The van der Waals surface area contributed by atoms with Crippen molar-refractivity contribution >= 4 is 22.1 Å². The predicted molar refractivity (Wildman–Crippen MR) is 79.2 cm³/mol. The summed E-state index contributed by atoms with van der Waals surface area (Å²) in [6, 6.07) is 5.00. The Balaban J connectivity index is 1.70. The molecule has 2 heterocycles. The number of benzene rings is 1. The molecule has 1 fully saturated rings. The molecule has 0 radical (unpaired) electrons. The minimum absolute atomic E-state index is 0.150. The molecule has 23 heavy (non-hydrogen) atoms. The van der Waals surface area contributed by atoms with Crippen molar-refractivity contribution in [1.29, 1.82) is 0 Å². The first-order chi connectivity index (χ1) is 10.9. The maximum absolute atomic E-state index is 13.0. The summed E-state index contributed by atoms with van der Waals surface area (Å²) in [5, 5.41) is 6.54. The molecule has 1 N–H and O–H groups in total. The maximum atomic E-state index is 13.0. The van der Waals surface area contributed by atoms with Crippen molar-refractivity contribution in [2.75, 3.05) is 31.1 Å². The first kappa shape index (κ1) is 15.4. The van der Waals surface area contributed by atoms with Crippen molar-refractivity contribution in [2.45, 2.75) is 4.90 Å². The number of nitrogens with zero attached hydrogens (tertiary/aromatic N) is 4. The van der Waals surface area contributed by atoms with Crippen LogP contribution in [0.25, 0.3) is 0 Å². The lowest BCUT2D eigenvalue weighted by Gasteiger charge is -2.34. The second-order valence-electron chi connectivity index (χ2n) is 5.05. The third kappa shape index (κ3) is 3.31. The van der Waals surface area contributed by atoms with Gasteiger partial charge >= 0.3 is 10.2 Å². The maximum Gasteiger partial charge on any atom is 0.332 e. The first-order valence-corrected chi connectivity index (χ1v) is 8.28. The van der Waals surface area contributed by atoms with Crippen molar-refractivity contribution in [1.82, 2.24) is 20.1 Å². The molecule has 2 aromatic rings. The molecule has 1 amide bonds. The molecule has 1 saturated heterocycles. The quantitative estimate of drug-likeness (QED) is 0.814. The van der Waals surface area contributed by atoms with Crippen LogP contribution in [0.3, 0.4) is 0 Å². The van der Waals surface area contributed by atoms with Gasteiger partial charge in [-0.1, -0.05) is 6.07 Å². The van der Waals surface area contributed by atoms with Gasteiger partial charge in [-0.2, -0.15) is 18.5 Å². The van der Waals surface area contributed by atoms with Gasteiger partial charge in [0.15, 0.2) is 0 Å². The average molecular weight is 339 g/mol. The van der Waals surface area contributed by atoms with Crippen molar-refractivity contribution < 1.29 is 17.1 Å². The average Bonchev–Trinajstić information content (AvgIpc) is 3.08. The number of rotatable bonds is 3. The molecule has 122 valence electrons. The summed E-state index contributed by atoms with van der Waals surface area (Å²) in [4.78, 5) is 19.5. The van der Waals surface area contributed by atoms with E-state index < -0.39 is 15.1 Å². The number of hydrogen-bond donors (Lipinski definition) is 1. The van der Waals surface area contributed by atoms with Gasteiger partial charge in [-0.05, 0) is 18.2 Å². The van der Waals surface area contributed by atoms with Crippen LogP contribution in [0.5, 0.6) is 0 Å². The van der Waals surface area contributed by atoms with Crippen LogP contribution < -0.4 is 4.90 Å². The monoisotopic (exact) mass is 339 g/mol. The van der Waals surface area contributed by atoms with Crippen LogP contribution in [0.15, 0.2) is 35.5 Å². The van der Waals surface area contributed by atoms with Gasteiger partial charge in [0, 0.05) is 31.7 Å². The summed E-state index contributed by atoms with van der Waals surface area (Å²) < 4.78 is 34.9. The van der Waals surface area contributed by atoms with E-state index in [-0.39, 0.29) is 11.5 Å². The van der Waals surface area contributed by atoms with Gasteiger partial charge in [0.2, 0.25) is 5.95 Å². The highest BCUT2D eigenvalue weighted by Crippen LogP contribution is 2.17. The molecular formula is C13H14FN5O3S. The summed E-state index contributed by atoms with van der Waals surface area (Å²) in [7, 11) is -4.83. The summed E-state index contributed by atoms with van der Waals surface area (Å²) in [6.45, 7) is 2.04. The highest BCUT2D eigenvalue weighted by molar-refractivity contribution is 7.86. The van der Waals surface area contributed by atoms with Gasteiger partial charge in [-0.3, -0.25) is 4.79 Å². The molecule has 1 aromatic heterocycles. The molecule has 3 rings (SSSR count). The summed E-state index contributed by atoms with van der Waals surface area (Å²) in [5.41, 5.74) is 0.150. The van der Waals surface area contributed by atoms with E-state index in [4.69, 9.17) is 0 Å². The van der Waals surface area contributed by atoms with Crippen LogP contribution >= 0.6 is 0 Å². The van der Waals surface area contributed by atoms with E-state index in [2.05, 4.69) is 15.2 Å². The van der Waals surface area contributed by atoms with Gasteiger partial charge in [-0.15, -0.1) is 3.89 Å². The minimum atomic E-state index is -4.83. The standard InChI is InChI=1S/C13H14FN5O3S/c14-23(21,22)11-3-1-2-10(8-11)12(20)18-4-6-19(7-5-18)13-15-9-16-17-13/h1-3,8-9H,4-7H2,(H,15,16,17). The third-order valence-electron chi connectivity index (χ3n) is 3.63. The number of aromatic nitrogens is 3. The minimum Gasteiger partial charge on any atom is -0.338 e. The van der Waals surface area contributed by atoms with E-state index in [0.717, 1.165) is 12.1 Å². The molecule has 0 saturated carbocycles. The number of H-pyrrole nitrogens is 1. The highest BCUT2D eigenvalue weighted by Gasteiger charge is 2.24. The molecule has 10 heteroatoms. The Labute approximate surface area is 132 Å². The Kier molecular flexibility index (Phi) is 3.99. The number of piperazine rings is 1. The van der Waals surface area contributed by atoms with E-state index in [1.54, 1.807) is 4.90 Å². The summed E-state index contributed by atoms with van der Waals surface area (Å²) in [6.07, 6.45) is 1.41. The number of hydrogen-bond acceptors (Lipinski definition) is 6. The van der Waals surface area contributed by atoms with Crippen molar-refractivity contribution in [3.05, 3.63) is 36.2 Å². The second kappa shape index (κ2) is 5.95. The summed E-state index contributed by atoms with van der Waals surface area (Å²) in [5.74, 6) is 0.315. The molecule has 0 atom stereocenters. The Morgan fingerprint density at radius 1 is 1.22 bits per heavy atom. The molecule has 0 spiro atoms. The molecule has 8 nitrogen and oxygen atoms in total. The third-order valence-corrected chi connectivity index (χ3v) is 4.45. The molecule has 1 aliphatic rings. The van der Waals surface area contributed by atoms with E-state index in [1.807, 2.05) is 4.90 Å². The van der Waals surface area contributed by atoms with Crippen LogP contribution in [-0.4, -0.2) is 60.6 Å². The van der Waals surface area contributed by atoms with E-state index in [9.17, 15) is 17.1 Å². The number of aromatic amines is 1. The number of carbonyl (C=O) groups is 1. The van der Waals surface area contributed by atoms with Crippen LogP contribution in [0.1, 0.15) is 10.4 Å². The first-order valence-electron chi connectivity index (χ1n) is 6.89. The fraction of sp³-hybridized carbons (Fsp3) is 0.308. The number of anilines is 1. The lowest BCUT2D eigenvalue weighted by atomic mass is 10.2. The normalized spacial score (nSPS) is 15.7. The SMILES string of the molecule is O=C(c1cccc(S(=O)(=O)F)c1)N1CCN(c2ncn[nH]2)CC1. The van der Waals surface area contributed by atoms with Gasteiger partial charge < -0.3 is 9.80 Å². The van der Waals surface area contributed by atoms with Crippen molar-refractivity contribution in [2.24, 2.45) is 0 Å². The van der Waals surface area contributed by atoms with Gasteiger partial charge in [0.05, 0.1) is 4.90 Å². The molecule has 1 aromatic carbocycles. The molecular weight excluding hydrogens is 325 g/mol. The van der Waals surface area contributed by atoms with Crippen molar-refractivity contribution in [3.8, 4) is 0 Å². The largest absolute Gasteiger partial charge is 0.338 e. The number of carbonyl (C=O) groups excluding carboxylic acids is 1. The van der Waals surface area contributed by atoms with Crippen LogP contribution in [0.2, 0.25) is 0 Å². The number of nitrogens with one attached hydrogen (secondary N) is 1. The Morgan fingerprint density at radius 3 is 2.57 bits per heavy atom. The Hall–Kier alpha value is -2.49. The molecule has 0 bridgehead atoms. The molecule has 0 aliphatic carbocycles. The fourth-order valence-corrected chi connectivity index (χ4v) is 2.94. The zero-order chi connectivity index (χ0) is 16.4. The summed E-state index contributed by atoms with van der Waals surface area (Å²) >= 11 is 0. The Bertz CT molecular complexity index is 801. The zero-order valence-electron chi connectivity index (χ0n) is 12.0. The lowest BCUT2D eigenvalue weighted by Crippen LogP contribution is -2.49. The molecule has 1 aliphatic heterocycles. The second-order valence-corrected chi connectivity index (χ2v) is 6.40. The van der Waals surface area contributed by atoms with Crippen molar-refractivity contribution in [3.63, 3.8) is 0 Å². The zero-order valence-corrected chi connectivity index (χ0v) is 12.8. The van der Waals surface area contributed by atoms with E-state index in [0.29, 0.717) is 32.1 Å². The number of halogens is 1. The molecule has 0 unspecified atom stereocenters. The smallest absolute Gasteiger partial charge is 0.332 e. The highest BCUT2D eigenvalue weighted by atomic mass is 32.3. The lowest BCUT2D eigenvalue weighted by molar-refractivity contribution is 0.0746. The van der Waals surface area contributed by atoms with Crippen LogP contribution in [0.4, 0.5) is 9.83 Å². The van der Waals surface area contributed by atoms with E-state index in [1.165, 1.54) is 18.5 Å². The van der Waals surface area contributed by atoms with Gasteiger partial charge in [0.25, 0.3) is 5.91 Å². The predicted octanol–water partition coefficient (Wildman–Crippen LogP) is 0.425. The van der Waals surface area contributed by atoms with Crippen LogP contribution in [0, 0.1) is 0 Å². The van der Waals surface area contributed by atoms with E-state index >= 15 is 0 Å². The number of amides is 1. The van der Waals surface area contributed by atoms with Gasteiger partial charge in [0.1, 0.15) is 6.33 Å². The fourth-order valence-electron chi connectivity index (χ4n) is 2.44. The van der Waals surface area contributed by atoms with Gasteiger partial charge in [-0.25, -0.2) is 5.10 Å².